The fourth-order valence-electron chi connectivity index (χ4n) is 4.46. The standard InChI is InChI=1S/C24H24FN3O3S/c1-30-21-12-16(4-9-20(21)22-13-26-15-32-22)11-17-3-2-10-28-23(17)27-31-24(28,14-29)18-5-7-19(25)8-6-18/h4-9,11-12,15,22,29H,2-3,10,13-14H2,1H3/b17-11+. The van der Waals surface area contributed by atoms with Gasteiger partial charge in [-0.3, -0.25) is 4.99 Å². The number of nitrogens with zero attached hydrogens (tertiary/aromatic N) is 3. The number of aliphatic hydroxyl groups excluding tert-OH is 1. The maximum Gasteiger partial charge on any atom is 0.260 e. The Morgan fingerprint density at radius 2 is 2.16 bits per heavy atom. The first-order valence-electron chi connectivity index (χ1n) is 10.6. The minimum Gasteiger partial charge on any atom is -0.496 e. The van der Waals surface area contributed by atoms with E-state index in [0.29, 0.717) is 17.9 Å². The minimum absolute atomic E-state index is 0.283. The summed E-state index contributed by atoms with van der Waals surface area (Å²) in [5, 5.41) is 14.9. The maximum atomic E-state index is 13.5. The Bertz CT molecular complexity index is 1090. The van der Waals surface area contributed by atoms with Crippen molar-refractivity contribution in [2.24, 2.45) is 10.1 Å². The third-order valence-corrected chi connectivity index (χ3v) is 7.12. The number of oxime groups is 1. The molecule has 2 aromatic carbocycles. The minimum atomic E-state index is -1.14. The first kappa shape index (κ1) is 21.0. The van der Waals surface area contributed by atoms with Crippen LogP contribution in [0.3, 0.4) is 0 Å². The highest BCUT2D eigenvalue weighted by Crippen LogP contribution is 2.41. The van der Waals surface area contributed by atoms with Crippen LogP contribution in [-0.4, -0.2) is 48.2 Å². The lowest BCUT2D eigenvalue weighted by Gasteiger charge is -2.38. The van der Waals surface area contributed by atoms with Gasteiger partial charge < -0.3 is 19.6 Å². The van der Waals surface area contributed by atoms with Crippen molar-refractivity contribution in [1.82, 2.24) is 4.90 Å². The summed E-state index contributed by atoms with van der Waals surface area (Å²) >= 11 is 1.70. The van der Waals surface area contributed by atoms with E-state index >= 15 is 0 Å². The zero-order valence-electron chi connectivity index (χ0n) is 17.7. The molecule has 0 aromatic heterocycles. The van der Waals surface area contributed by atoms with E-state index in [1.165, 1.54) is 12.1 Å². The van der Waals surface area contributed by atoms with Gasteiger partial charge in [-0.2, -0.15) is 0 Å². The van der Waals surface area contributed by atoms with Crippen LogP contribution in [0.15, 0.2) is 58.2 Å². The number of methoxy groups -OCH3 is 1. The summed E-state index contributed by atoms with van der Waals surface area (Å²) in [4.78, 5) is 12.1. The average Bonchev–Trinajstić information content (AvgIpc) is 3.49. The second kappa shape index (κ2) is 8.60. The van der Waals surface area contributed by atoms with Crippen LogP contribution in [-0.2, 0) is 10.6 Å². The number of hydrogen-bond acceptors (Lipinski definition) is 7. The van der Waals surface area contributed by atoms with Crippen LogP contribution in [0.2, 0.25) is 0 Å². The van der Waals surface area contributed by atoms with E-state index in [0.717, 1.165) is 41.8 Å². The second-order valence-electron chi connectivity index (χ2n) is 7.98. The van der Waals surface area contributed by atoms with Gasteiger partial charge >= 0.3 is 0 Å². The molecule has 1 fully saturated rings. The first-order chi connectivity index (χ1) is 15.6. The quantitative estimate of drug-likeness (QED) is 0.731. The zero-order chi connectivity index (χ0) is 22.1. The largest absolute Gasteiger partial charge is 0.496 e. The number of piperidine rings is 1. The van der Waals surface area contributed by atoms with E-state index in [1.807, 2.05) is 16.5 Å². The fraction of sp³-hybridized carbons (Fsp3) is 0.333. The summed E-state index contributed by atoms with van der Waals surface area (Å²) in [6, 6.07) is 12.2. The van der Waals surface area contributed by atoms with Crippen molar-refractivity contribution in [2.75, 3.05) is 26.8 Å². The molecule has 2 atom stereocenters. The number of hydrogen-bond donors (Lipinski definition) is 1. The topological polar surface area (TPSA) is 66.7 Å². The van der Waals surface area contributed by atoms with Crippen LogP contribution in [0, 0.1) is 5.82 Å². The molecule has 3 aliphatic rings. The Morgan fingerprint density at radius 3 is 2.88 bits per heavy atom. The number of halogens is 1. The Kier molecular flexibility index (Phi) is 5.65. The van der Waals surface area contributed by atoms with Crippen molar-refractivity contribution in [2.45, 2.75) is 23.8 Å². The third kappa shape index (κ3) is 3.57. The third-order valence-electron chi connectivity index (χ3n) is 6.12. The molecule has 0 amide bonds. The van der Waals surface area contributed by atoms with Crippen LogP contribution >= 0.6 is 11.8 Å². The number of aliphatic hydroxyl groups is 1. The zero-order valence-corrected chi connectivity index (χ0v) is 18.5. The lowest BCUT2D eigenvalue weighted by molar-refractivity contribution is -0.137. The van der Waals surface area contributed by atoms with E-state index in [2.05, 4.69) is 28.4 Å². The molecule has 3 aliphatic heterocycles. The van der Waals surface area contributed by atoms with Crippen molar-refractivity contribution < 1.29 is 19.1 Å². The second-order valence-corrected chi connectivity index (χ2v) is 9.03. The highest BCUT2D eigenvalue weighted by atomic mass is 32.2. The molecule has 166 valence electrons. The molecule has 8 heteroatoms. The molecule has 0 bridgehead atoms. The maximum absolute atomic E-state index is 13.5. The summed E-state index contributed by atoms with van der Waals surface area (Å²) in [6.07, 6.45) is 3.83. The van der Waals surface area contributed by atoms with Crippen molar-refractivity contribution in [3.63, 3.8) is 0 Å². The van der Waals surface area contributed by atoms with E-state index in [1.54, 1.807) is 31.0 Å². The van der Waals surface area contributed by atoms with E-state index in [4.69, 9.17) is 9.57 Å². The van der Waals surface area contributed by atoms with Gasteiger partial charge in [-0.1, -0.05) is 17.3 Å². The number of thioether (sulfide) groups is 1. The first-order valence-corrected chi connectivity index (χ1v) is 11.5. The summed E-state index contributed by atoms with van der Waals surface area (Å²) in [5.74, 6) is 1.22. The number of ether oxygens (including phenoxy) is 1. The monoisotopic (exact) mass is 453 g/mol. The van der Waals surface area contributed by atoms with Gasteiger partial charge in [0.2, 0.25) is 0 Å². The van der Waals surface area contributed by atoms with Gasteiger partial charge in [0.1, 0.15) is 18.2 Å². The lowest BCUT2D eigenvalue weighted by Crippen LogP contribution is -2.51. The van der Waals surface area contributed by atoms with E-state index < -0.39 is 5.72 Å². The number of benzene rings is 2. The number of fused-ring (bicyclic) bond motifs is 1. The Labute approximate surface area is 190 Å². The molecule has 2 aromatic rings. The molecule has 1 saturated heterocycles. The molecule has 6 nitrogen and oxygen atoms in total. The number of amidine groups is 1. The predicted octanol–water partition coefficient (Wildman–Crippen LogP) is 4.32. The lowest BCUT2D eigenvalue weighted by atomic mass is 9.94. The van der Waals surface area contributed by atoms with Gasteiger partial charge in [-0.05, 0) is 60.4 Å². The predicted molar refractivity (Wildman–Crippen MR) is 124 cm³/mol. The average molecular weight is 454 g/mol. The Morgan fingerprint density at radius 1 is 1.31 bits per heavy atom. The molecule has 2 unspecified atom stereocenters. The van der Waals surface area contributed by atoms with Crippen molar-refractivity contribution >= 4 is 29.2 Å². The Balaban J connectivity index is 1.45. The van der Waals surface area contributed by atoms with Gasteiger partial charge in [0.25, 0.3) is 5.72 Å². The SMILES string of the molecule is COc1cc(/C=C2\CCCN3C2=NOC3(CO)c2ccc(F)cc2)ccc1C1CN=CS1. The van der Waals surface area contributed by atoms with Gasteiger partial charge in [-0.25, -0.2) is 4.39 Å². The van der Waals surface area contributed by atoms with Crippen molar-refractivity contribution in [3.05, 3.63) is 70.5 Å². The van der Waals surface area contributed by atoms with Gasteiger partial charge in [-0.15, -0.1) is 11.8 Å². The summed E-state index contributed by atoms with van der Waals surface area (Å²) in [7, 11) is 1.69. The fourth-order valence-corrected chi connectivity index (χ4v) is 5.29. The van der Waals surface area contributed by atoms with Gasteiger partial charge in [0, 0.05) is 17.7 Å². The van der Waals surface area contributed by atoms with E-state index in [-0.39, 0.29) is 17.7 Å². The molecule has 3 heterocycles. The van der Waals surface area contributed by atoms with Crippen LogP contribution in [0.5, 0.6) is 5.75 Å². The van der Waals surface area contributed by atoms with Crippen LogP contribution in [0.1, 0.15) is 34.8 Å². The molecule has 0 spiro atoms. The molecule has 0 radical (unpaired) electrons. The van der Waals surface area contributed by atoms with Gasteiger partial charge in [0.15, 0.2) is 5.84 Å². The van der Waals surface area contributed by atoms with Gasteiger partial charge in [0.05, 0.1) is 24.5 Å². The highest BCUT2D eigenvalue weighted by molar-refractivity contribution is 8.12. The molecular weight excluding hydrogens is 429 g/mol. The summed E-state index contributed by atoms with van der Waals surface area (Å²) < 4.78 is 19.1. The normalized spacial score (nSPS) is 25.6. The summed E-state index contributed by atoms with van der Waals surface area (Å²) in [5.41, 5.74) is 4.61. The smallest absolute Gasteiger partial charge is 0.260 e. The van der Waals surface area contributed by atoms with E-state index in [9.17, 15) is 9.50 Å². The van der Waals surface area contributed by atoms with Crippen molar-refractivity contribution in [3.8, 4) is 5.75 Å². The number of aliphatic imine (C=N–C) groups is 1. The molecule has 0 saturated carbocycles. The molecule has 0 aliphatic carbocycles. The van der Waals surface area contributed by atoms with Crippen LogP contribution in [0.4, 0.5) is 4.39 Å². The van der Waals surface area contributed by atoms with Crippen LogP contribution in [0.25, 0.3) is 6.08 Å². The Hall–Kier alpha value is -2.84. The number of rotatable bonds is 5. The molecule has 1 N–H and O–H groups in total. The van der Waals surface area contributed by atoms with Crippen molar-refractivity contribution in [1.29, 1.82) is 0 Å². The highest BCUT2D eigenvalue weighted by Gasteiger charge is 2.49. The summed E-state index contributed by atoms with van der Waals surface area (Å²) in [6.45, 7) is 1.16. The molecule has 5 rings (SSSR count). The molecular formula is C24H24FN3O3S. The molecule has 32 heavy (non-hydrogen) atoms. The van der Waals surface area contributed by atoms with Crippen LogP contribution < -0.4 is 4.74 Å².